The number of aliphatic hydroxyl groups excluding tert-OH is 1. The molecular formula is C38H48ClN2O4+. The predicted octanol–water partition coefficient (Wildman–Crippen LogP) is 7.70. The molecule has 1 N–H and O–H groups in total. The van der Waals surface area contributed by atoms with Crippen LogP contribution in [0.3, 0.4) is 0 Å². The van der Waals surface area contributed by atoms with Crippen molar-refractivity contribution in [1.29, 1.82) is 0 Å². The Hall–Kier alpha value is -3.16. The molecule has 0 saturated heterocycles. The van der Waals surface area contributed by atoms with E-state index in [0.29, 0.717) is 13.2 Å². The molecule has 0 aromatic heterocycles. The monoisotopic (exact) mass is 631 g/mol. The molecule has 0 radical (unpaired) electrons. The van der Waals surface area contributed by atoms with E-state index in [0.717, 1.165) is 59.8 Å². The Morgan fingerprint density at radius 2 is 1.69 bits per heavy atom. The van der Waals surface area contributed by atoms with Gasteiger partial charge in [0.15, 0.2) is 12.3 Å². The molecule has 2 aliphatic heterocycles. The zero-order chi connectivity index (χ0) is 32.4. The summed E-state index contributed by atoms with van der Waals surface area (Å²) in [6, 6.07) is 12.6. The predicted molar refractivity (Wildman–Crippen MR) is 184 cm³/mol. The average Bonchev–Trinajstić information content (AvgIpc) is 3.38. The molecule has 0 spiro atoms. The van der Waals surface area contributed by atoms with Gasteiger partial charge in [0.05, 0.1) is 25.7 Å². The van der Waals surface area contributed by atoms with E-state index < -0.39 is 0 Å². The molecule has 240 valence electrons. The van der Waals surface area contributed by atoms with Crippen molar-refractivity contribution in [3.05, 3.63) is 99.3 Å². The fraction of sp³-hybridized carbons (Fsp3) is 0.447. The maximum absolute atomic E-state index is 9.80. The van der Waals surface area contributed by atoms with E-state index in [2.05, 4.69) is 85.7 Å². The van der Waals surface area contributed by atoms with Gasteiger partial charge in [0, 0.05) is 60.3 Å². The maximum atomic E-state index is 9.80. The summed E-state index contributed by atoms with van der Waals surface area (Å²) in [6.07, 6.45) is 11.9. The van der Waals surface area contributed by atoms with Gasteiger partial charge in [-0.05, 0) is 79.7 Å². The first-order chi connectivity index (χ1) is 21.6. The lowest BCUT2D eigenvalue weighted by Gasteiger charge is -2.27. The van der Waals surface area contributed by atoms with Gasteiger partial charge in [-0.25, -0.2) is 0 Å². The van der Waals surface area contributed by atoms with Crippen LogP contribution in [0.5, 0.6) is 5.75 Å². The van der Waals surface area contributed by atoms with Crippen molar-refractivity contribution in [2.24, 2.45) is 0 Å². The molecular weight excluding hydrogens is 584 g/mol. The number of methoxy groups -OCH3 is 3. The minimum Gasteiger partial charge on any atom is -0.497 e. The number of fused-ring (bicyclic) bond motifs is 2. The molecule has 6 nitrogen and oxygen atoms in total. The van der Waals surface area contributed by atoms with Crippen molar-refractivity contribution >= 4 is 28.7 Å². The molecule has 0 atom stereocenters. The summed E-state index contributed by atoms with van der Waals surface area (Å²) in [5.41, 5.74) is 10.1. The third kappa shape index (κ3) is 6.31. The number of anilines is 1. The summed E-state index contributed by atoms with van der Waals surface area (Å²) < 4.78 is 18.9. The van der Waals surface area contributed by atoms with Crippen LogP contribution < -0.4 is 9.64 Å². The van der Waals surface area contributed by atoms with Crippen LogP contribution in [0.2, 0.25) is 0 Å². The second kappa shape index (κ2) is 13.7. The van der Waals surface area contributed by atoms with Gasteiger partial charge >= 0.3 is 0 Å². The van der Waals surface area contributed by atoms with Gasteiger partial charge in [-0.1, -0.05) is 49.7 Å². The molecule has 3 aliphatic rings. The average molecular weight is 632 g/mol. The van der Waals surface area contributed by atoms with Crippen molar-refractivity contribution < 1.29 is 23.9 Å². The largest absolute Gasteiger partial charge is 0.497 e. The van der Waals surface area contributed by atoms with E-state index in [1.165, 1.54) is 33.9 Å². The first-order valence-corrected chi connectivity index (χ1v) is 16.3. The zero-order valence-corrected chi connectivity index (χ0v) is 28.6. The number of allylic oxidation sites excluding steroid dienone is 8. The quantitative estimate of drug-likeness (QED) is 0.258. The molecule has 0 unspecified atom stereocenters. The van der Waals surface area contributed by atoms with Crippen molar-refractivity contribution in [3.8, 4) is 5.75 Å². The summed E-state index contributed by atoms with van der Waals surface area (Å²) >= 11 is 7.17. The molecule has 2 heterocycles. The number of hydrogen-bond acceptors (Lipinski definition) is 5. The number of hydrogen-bond donors (Lipinski definition) is 1. The molecule has 0 fully saturated rings. The summed E-state index contributed by atoms with van der Waals surface area (Å²) in [7, 11) is 5.20. The van der Waals surface area contributed by atoms with Gasteiger partial charge < -0.3 is 24.2 Å². The van der Waals surface area contributed by atoms with Crippen molar-refractivity contribution in [2.75, 3.05) is 52.5 Å². The van der Waals surface area contributed by atoms with Crippen molar-refractivity contribution in [3.63, 3.8) is 0 Å². The summed E-state index contributed by atoms with van der Waals surface area (Å²) in [5, 5.41) is 10.6. The van der Waals surface area contributed by atoms with Gasteiger partial charge in [0.25, 0.3) is 0 Å². The maximum Gasteiger partial charge on any atom is 0.210 e. The third-order valence-corrected chi connectivity index (χ3v) is 10.1. The Labute approximate surface area is 274 Å². The van der Waals surface area contributed by atoms with Crippen LogP contribution in [0.25, 0.3) is 0 Å². The minimum atomic E-state index is -0.229. The van der Waals surface area contributed by atoms with Crippen LogP contribution in [-0.2, 0) is 26.9 Å². The Morgan fingerprint density at radius 3 is 2.40 bits per heavy atom. The van der Waals surface area contributed by atoms with Crippen LogP contribution in [0.1, 0.15) is 63.6 Å². The van der Waals surface area contributed by atoms with Gasteiger partial charge in [-0.15, -0.1) is 0 Å². The molecule has 0 saturated carbocycles. The first kappa shape index (κ1) is 33.2. The molecule has 1 aliphatic carbocycles. The Morgan fingerprint density at radius 1 is 0.911 bits per heavy atom. The summed E-state index contributed by atoms with van der Waals surface area (Å²) in [4.78, 5) is 2.35. The van der Waals surface area contributed by atoms with E-state index in [1.807, 2.05) is 12.1 Å². The Bertz CT molecular complexity index is 1590. The first-order valence-electron chi connectivity index (χ1n) is 15.9. The zero-order valence-electron chi connectivity index (χ0n) is 27.9. The van der Waals surface area contributed by atoms with Crippen molar-refractivity contribution in [2.45, 2.75) is 64.4 Å². The SMILES string of the molecule is COCCN1/C(=C/C=C2\CCCC(/C=C/C3=[N+](CCOC)c4ccc(OC)cc4C3(C)C)=C2Cl)C(C)(C)c2cc(CO)ccc21. The molecule has 0 amide bonds. The van der Waals surface area contributed by atoms with E-state index in [4.69, 9.17) is 25.8 Å². The number of rotatable bonds is 11. The standard InChI is InChI=1S/C38H48ClN2O4/c1-37(2)30-23-26(25-42)11-15-32(30)40(19-21-43-5)34(37)17-12-27-9-8-10-28(36(27)39)13-18-35-38(3,4)31-24-29(45-7)14-16-33(31)41(35)20-22-44-6/h11-18,23-24,42H,8-10,19-22,25H2,1-7H3/q+1. The second-order valence-corrected chi connectivity index (χ2v) is 13.5. The number of aliphatic hydroxyl groups is 1. The molecule has 0 bridgehead atoms. The number of nitrogens with zero attached hydrogens (tertiary/aromatic N) is 2. The number of ether oxygens (including phenoxy) is 3. The highest BCUT2D eigenvalue weighted by molar-refractivity contribution is 6.32. The van der Waals surface area contributed by atoms with Gasteiger partial charge in [-0.3, -0.25) is 0 Å². The van der Waals surface area contributed by atoms with Crippen LogP contribution in [-0.4, -0.2) is 63.0 Å². The smallest absolute Gasteiger partial charge is 0.210 e. The molecule has 5 rings (SSSR count). The third-order valence-electron chi connectivity index (χ3n) is 9.62. The van der Waals surface area contributed by atoms with E-state index in [1.54, 1.807) is 21.3 Å². The van der Waals surface area contributed by atoms with Crippen LogP contribution in [0.4, 0.5) is 11.4 Å². The highest BCUT2D eigenvalue weighted by Crippen LogP contribution is 2.48. The molecule has 2 aromatic rings. The summed E-state index contributed by atoms with van der Waals surface area (Å²) in [6.45, 7) is 11.8. The molecule has 7 heteroatoms. The number of benzene rings is 2. The van der Waals surface area contributed by atoms with Crippen LogP contribution >= 0.6 is 11.6 Å². The Balaban J connectivity index is 1.50. The molecule has 2 aromatic carbocycles. The van der Waals surface area contributed by atoms with Gasteiger partial charge in [-0.2, -0.15) is 4.58 Å². The fourth-order valence-electron chi connectivity index (χ4n) is 7.02. The highest BCUT2D eigenvalue weighted by Gasteiger charge is 2.44. The minimum absolute atomic E-state index is 0.0297. The van der Waals surface area contributed by atoms with Gasteiger partial charge in [0.2, 0.25) is 5.69 Å². The highest BCUT2D eigenvalue weighted by atomic mass is 35.5. The normalized spacial score (nSPS) is 20.6. The van der Waals surface area contributed by atoms with E-state index >= 15 is 0 Å². The molecule has 45 heavy (non-hydrogen) atoms. The fourth-order valence-corrected chi connectivity index (χ4v) is 7.33. The van der Waals surface area contributed by atoms with Crippen LogP contribution in [0.15, 0.2) is 82.6 Å². The van der Waals surface area contributed by atoms with E-state index in [-0.39, 0.29) is 17.4 Å². The van der Waals surface area contributed by atoms with E-state index in [9.17, 15) is 5.11 Å². The Kier molecular flexibility index (Phi) is 10.1. The lowest BCUT2D eigenvalue weighted by atomic mass is 9.81. The summed E-state index contributed by atoms with van der Waals surface area (Å²) in [5.74, 6) is 0.865. The second-order valence-electron chi connectivity index (χ2n) is 13.1. The van der Waals surface area contributed by atoms with Gasteiger partial charge in [0.1, 0.15) is 12.4 Å². The lowest BCUT2D eigenvalue weighted by Crippen LogP contribution is -2.29. The topological polar surface area (TPSA) is 54.2 Å². The lowest BCUT2D eigenvalue weighted by molar-refractivity contribution is -0.441. The van der Waals surface area contributed by atoms with Crippen LogP contribution in [0, 0.1) is 0 Å². The number of halogens is 1. The van der Waals surface area contributed by atoms with Crippen molar-refractivity contribution in [1.82, 2.24) is 0 Å².